The number of alkyl halides is 3. The van der Waals surface area contributed by atoms with Gasteiger partial charge in [-0.15, -0.1) is 0 Å². The first-order chi connectivity index (χ1) is 17.2. The van der Waals surface area contributed by atoms with Crippen molar-refractivity contribution in [1.29, 1.82) is 0 Å². The van der Waals surface area contributed by atoms with Crippen LogP contribution in [0, 0.1) is 0 Å². The van der Waals surface area contributed by atoms with Crippen LogP contribution in [-0.2, 0) is 25.9 Å². The number of ether oxygens (including phenoxy) is 3. The molecule has 0 aliphatic heterocycles. The molecule has 9 nitrogen and oxygen atoms in total. The van der Waals surface area contributed by atoms with Crippen molar-refractivity contribution in [2.75, 3.05) is 20.3 Å². The second kappa shape index (κ2) is 13.1. The Morgan fingerprint density at radius 1 is 1.24 bits per heavy atom. The lowest BCUT2D eigenvalue weighted by atomic mass is 10.1. The van der Waals surface area contributed by atoms with Gasteiger partial charge in [0.15, 0.2) is 0 Å². The Bertz CT molecular complexity index is 1240. The number of pyridine rings is 1. The first-order valence-corrected chi connectivity index (χ1v) is 12.8. The molecule has 0 aliphatic rings. The molecule has 0 aliphatic carbocycles. The number of benzene rings is 1. The molecule has 1 heterocycles. The number of aromatic nitrogens is 1. The van der Waals surface area contributed by atoms with Gasteiger partial charge in [-0.1, -0.05) is 11.6 Å². The topological polar surface area (TPSA) is 116 Å². The summed E-state index contributed by atoms with van der Waals surface area (Å²) in [6.45, 7) is 5.37. The van der Waals surface area contributed by atoms with E-state index < -0.39 is 27.9 Å². The van der Waals surface area contributed by atoms with Gasteiger partial charge in [0.2, 0.25) is 5.88 Å². The van der Waals surface area contributed by atoms with Crippen molar-refractivity contribution in [3.63, 3.8) is 0 Å². The molecular weight excluding hydrogens is 539 g/mol. The molecular formula is C23H27ClF3N3O6S. The van der Waals surface area contributed by atoms with Crippen molar-refractivity contribution < 1.29 is 40.6 Å². The maximum Gasteiger partial charge on any atom is 0.417 e. The highest BCUT2D eigenvalue weighted by Gasteiger charge is 2.32. The summed E-state index contributed by atoms with van der Waals surface area (Å²) in [5.74, 6) is -0.788. The van der Waals surface area contributed by atoms with Crippen molar-refractivity contribution in [1.82, 2.24) is 14.4 Å². The molecule has 2 rings (SSSR count). The molecule has 1 amide bonds. The molecule has 2 aromatic rings. The van der Waals surface area contributed by atoms with Gasteiger partial charge in [0.1, 0.15) is 16.5 Å². The molecule has 204 valence electrons. The zero-order valence-electron chi connectivity index (χ0n) is 20.5. The largest absolute Gasteiger partial charge is 0.491 e. The van der Waals surface area contributed by atoms with Gasteiger partial charge >= 0.3 is 16.4 Å². The van der Waals surface area contributed by atoms with Gasteiger partial charge in [0, 0.05) is 43.7 Å². The van der Waals surface area contributed by atoms with Gasteiger partial charge in [-0.25, -0.2) is 9.71 Å². The van der Waals surface area contributed by atoms with E-state index in [2.05, 4.69) is 9.71 Å². The van der Waals surface area contributed by atoms with Crippen LogP contribution >= 0.6 is 11.6 Å². The molecule has 0 unspecified atom stereocenters. The molecule has 0 radical (unpaired) electrons. The van der Waals surface area contributed by atoms with Crippen molar-refractivity contribution in [3.05, 3.63) is 52.2 Å². The lowest BCUT2D eigenvalue weighted by molar-refractivity contribution is -0.137. The van der Waals surface area contributed by atoms with Crippen LogP contribution in [0.1, 0.15) is 38.3 Å². The zero-order chi connectivity index (χ0) is 27.8. The van der Waals surface area contributed by atoms with Gasteiger partial charge in [-0.2, -0.15) is 26.3 Å². The molecule has 2 N–H and O–H groups in total. The van der Waals surface area contributed by atoms with Gasteiger partial charge < -0.3 is 14.2 Å². The smallest absolute Gasteiger partial charge is 0.417 e. The summed E-state index contributed by atoms with van der Waals surface area (Å²) in [7, 11) is -2.64. The minimum atomic E-state index is -4.64. The first kappa shape index (κ1) is 30.4. The lowest BCUT2D eigenvalue weighted by Gasteiger charge is -2.15. The van der Waals surface area contributed by atoms with Crippen LogP contribution in [0.2, 0.25) is 5.02 Å². The highest BCUT2D eigenvalue weighted by Crippen LogP contribution is 2.37. The second-order valence-corrected chi connectivity index (χ2v) is 9.89. The Morgan fingerprint density at radius 2 is 1.95 bits per heavy atom. The zero-order valence-corrected chi connectivity index (χ0v) is 22.1. The molecule has 0 atom stereocenters. The van der Waals surface area contributed by atoms with E-state index in [1.807, 2.05) is 4.72 Å². The quantitative estimate of drug-likeness (QED) is 0.282. The number of nitrogens with one attached hydrogen (secondary N) is 2. The predicted octanol–water partition coefficient (Wildman–Crippen LogP) is 4.72. The molecule has 0 fully saturated rings. The first-order valence-electron chi connectivity index (χ1n) is 10.9. The molecule has 0 saturated heterocycles. The van der Waals surface area contributed by atoms with Crippen molar-refractivity contribution in [3.8, 4) is 17.4 Å². The Labute approximate surface area is 218 Å². The van der Waals surface area contributed by atoms with Crippen molar-refractivity contribution in [2.24, 2.45) is 0 Å². The molecule has 1 aromatic heterocycles. The van der Waals surface area contributed by atoms with Crippen LogP contribution in [0.15, 0.2) is 36.0 Å². The lowest BCUT2D eigenvalue weighted by Crippen LogP contribution is -2.41. The molecule has 14 heteroatoms. The van der Waals surface area contributed by atoms with Gasteiger partial charge in [-0.3, -0.25) is 4.79 Å². The third kappa shape index (κ3) is 9.84. The van der Waals surface area contributed by atoms with Crippen LogP contribution in [-0.4, -0.2) is 45.7 Å². The Balaban J connectivity index is 2.33. The Kier molecular flexibility index (Phi) is 10.7. The average Bonchev–Trinajstić information content (AvgIpc) is 2.78. The van der Waals surface area contributed by atoms with Crippen LogP contribution in [0.5, 0.6) is 17.4 Å². The van der Waals surface area contributed by atoms with E-state index in [9.17, 15) is 26.4 Å². The number of carbonyl (C=O) groups is 1. The van der Waals surface area contributed by atoms with E-state index >= 15 is 0 Å². The fraction of sp³-hybridized carbons (Fsp3) is 0.391. The summed E-state index contributed by atoms with van der Waals surface area (Å²) >= 11 is 5.97. The standard InChI is InChI=1S/C23H27ClF3N3O6S/c1-14(2)35-18-7-6-16(10-15(3)21(31)30-37(32,33)29-8-5-9-34-4)20(12-18)36-22-19(24)11-17(13-28-22)23(25,26)27/h6-7,10-14,29H,5,8-9H2,1-4H3,(H,30,31)/b15-10+. The van der Waals surface area contributed by atoms with E-state index in [0.29, 0.717) is 31.0 Å². The SMILES string of the molecule is COCCCNS(=O)(=O)NC(=O)/C(C)=C/c1ccc(OC(C)C)cc1Oc1ncc(C(F)(F)F)cc1Cl. The van der Waals surface area contributed by atoms with Gasteiger partial charge in [0.25, 0.3) is 5.91 Å². The minimum Gasteiger partial charge on any atom is -0.491 e. The van der Waals surface area contributed by atoms with Crippen LogP contribution in [0.4, 0.5) is 13.2 Å². The van der Waals surface area contributed by atoms with Crippen LogP contribution in [0.25, 0.3) is 6.08 Å². The summed E-state index contributed by atoms with van der Waals surface area (Å²) in [6, 6.07) is 5.23. The normalized spacial score (nSPS) is 12.5. The molecule has 1 aromatic carbocycles. The fourth-order valence-electron chi connectivity index (χ4n) is 2.79. The summed E-state index contributed by atoms with van der Waals surface area (Å²) in [6.07, 6.45) is -2.52. The number of nitrogens with zero attached hydrogens (tertiary/aromatic N) is 1. The third-order valence-corrected chi connectivity index (χ3v) is 5.78. The third-order valence-electron chi connectivity index (χ3n) is 4.47. The molecule has 0 spiro atoms. The van der Waals surface area contributed by atoms with Crippen molar-refractivity contribution in [2.45, 2.75) is 39.5 Å². The van der Waals surface area contributed by atoms with Gasteiger partial charge in [0.05, 0.1) is 11.7 Å². The number of hydrogen-bond donors (Lipinski definition) is 2. The number of rotatable bonds is 12. The number of hydrogen-bond acceptors (Lipinski definition) is 7. The number of carbonyl (C=O) groups excluding carboxylic acids is 1. The average molecular weight is 566 g/mol. The second-order valence-electron chi connectivity index (χ2n) is 7.98. The van der Waals surface area contributed by atoms with Gasteiger partial charge in [-0.05, 0) is 51.5 Å². The monoisotopic (exact) mass is 565 g/mol. The minimum absolute atomic E-state index is 0.00359. The number of methoxy groups -OCH3 is 1. The summed E-state index contributed by atoms with van der Waals surface area (Å²) in [5, 5.41) is -0.389. The maximum absolute atomic E-state index is 13.0. The highest BCUT2D eigenvalue weighted by atomic mass is 35.5. The Morgan fingerprint density at radius 3 is 2.54 bits per heavy atom. The summed E-state index contributed by atoms with van der Waals surface area (Å²) < 4.78 is 83.3. The van der Waals surface area contributed by atoms with E-state index in [-0.39, 0.29) is 40.4 Å². The van der Waals surface area contributed by atoms with E-state index in [4.69, 9.17) is 25.8 Å². The van der Waals surface area contributed by atoms with E-state index in [1.165, 1.54) is 32.2 Å². The van der Waals surface area contributed by atoms with Crippen LogP contribution in [0.3, 0.4) is 0 Å². The number of amides is 1. The van der Waals surface area contributed by atoms with Crippen molar-refractivity contribution >= 4 is 33.8 Å². The Hall–Kier alpha value is -2.87. The van der Waals surface area contributed by atoms with E-state index in [0.717, 1.165) is 0 Å². The molecule has 0 bridgehead atoms. The number of halogens is 4. The van der Waals surface area contributed by atoms with E-state index in [1.54, 1.807) is 19.9 Å². The van der Waals surface area contributed by atoms with Crippen LogP contribution < -0.4 is 18.9 Å². The molecule has 0 saturated carbocycles. The maximum atomic E-state index is 13.0. The summed E-state index contributed by atoms with van der Waals surface area (Å²) in [4.78, 5) is 16.2. The fourth-order valence-corrected chi connectivity index (χ4v) is 3.88. The summed E-state index contributed by atoms with van der Waals surface area (Å²) in [5.41, 5.74) is -0.769. The molecule has 37 heavy (non-hydrogen) atoms. The predicted molar refractivity (Wildman–Crippen MR) is 132 cm³/mol. The highest BCUT2D eigenvalue weighted by molar-refractivity contribution is 7.88.